The predicted molar refractivity (Wildman–Crippen MR) is 111 cm³/mol. The molecule has 1 saturated heterocycles. The molecule has 0 saturated carbocycles. The number of carbonyl (C=O) groups excluding carboxylic acids is 1. The minimum absolute atomic E-state index is 0.138. The van der Waals surface area contributed by atoms with E-state index in [-0.39, 0.29) is 5.91 Å². The Kier molecular flexibility index (Phi) is 5.35. The largest absolute Gasteiger partial charge is 0.338 e. The first-order valence-corrected chi connectivity index (χ1v) is 10.7. The summed E-state index contributed by atoms with van der Waals surface area (Å²) in [4.78, 5) is 24.0. The zero-order chi connectivity index (χ0) is 19.7. The van der Waals surface area contributed by atoms with Gasteiger partial charge in [0.05, 0.1) is 0 Å². The number of benzene rings is 1. The van der Waals surface area contributed by atoms with Crippen LogP contribution in [0.3, 0.4) is 0 Å². The van der Waals surface area contributed by atoms with E-state index in [1.807, 2.05) is 49.1 Å². The number of amides is 1. The van der Waals surface area contributed by atoms with Gasteiger partial charge in [0.1, 0.15) is 0 Å². The van der Waals surface area contributed by atoms with Crippen LogP contribution in [0.15, 0.2) is 35.5 Å². The van der Waals surface area contributed by atoms with Crippen LogP contribution < -0.4 is 0 Å². The molecular formula is C21H25N5OS. The van der Waals surface area contributed by atoms with Gasteiger partial charge in [0.15, 0.2) is 0 Å². The molecule has 7 heteroatoms. The van der Waals surface area contributed by atoms with Gasteiger partial charge in [0.2, 0.25) is 5.16 Å². The Balaban J connectivity index is 1.53. The van der Waals surface area contributed by atoms with Crippen LogP contribution in [-0.4, -0.2) is 43.5 Å². The fraction of sp³-hybridized carbons (Fsp3) is 0.429. The Morgan fingerprint density at radius 1 is 1.25 bits per heavy atom. The number of hydrogen-bond donors (Lipinski definition) is 0. The maximum Gasteiger partial charge on any atom is 0.254 e. The van der Waals surface area contributed by atoms with E-state index in [2.05, 4.69) is 22.0 Å². The number of piperidine rings is 1. The predicted octanol–water partition coefficient (Wildman–Crippen LogP) is 3.91. The monoisotopic (exact) mass is 395 g/mol. The molecule has 1 atom stereocenters. The minimum Gasteiger partial charge on any atom is -0.338 e. The summed E-state index contributed by atoms with van der Waals surface area (Å²) in [7, 11) is 0. The fourth-order valence-electron chi connectivity index (χ4n) is 3.75. The number of thioether (sulfide) groups is 1. The van der Waals surface area contributed by atoms with Gasteiger partial charge >= 0.3 is 0 Å². The lowest BCUT2D eigenvalue weighted by atomic mass is 9.99. The van der Waals surface area contributed by atoms with Gasteiger partial charge in [-0.3, -0.25) is 4.79 Å². The lowest BCUT2D eigenvalue weighted by Crippen LogP contribution is -2.39. The molecule has 0 spiro atoms. The number of likely N-dealkylation sites (tertiary alicyclic amines) is 1. The molecule has 0 radical (unpaired) electrons. The second-order valence-corrected chi connectivity index (χ2v) is 8.53. The van der Waals surface area contributed by atoms with Crippen molar-refractivity contribution in [3.63, 3.8) is 0 Å². The van der Waals surface area contributed by atoms with Gasteiger partial charge in [-0.05, 0) is 50.3 Å². The van der Waals surface area contributed by atoms with Crippen molar-refractivity contribution in [2.24, 2.45) is 5.92 Å². The average molecular weight is 396 g/mol. The van der Waals surface area contributed by atoms with Crippen LogP contribution >= 0.6 is 11.8 Å². The van der Waals surface area contributed by atoms with Crippen LogP contribution in [-0.2, 0) is 5.75 Å². The summed E-state index contributed by atoms with van der Waals surface area (Å²) in [5, 5.41) is 5.23. The molecular weight excluding hydrogens is 370 g/mol. The van der Waals surface area contributed by atoms with Crippen LogP contribution in [0.1, 0.15) is 47.1 Å². The van der Waals surface area contributed by atoms with E-state index in [1.54, 1.807) is 4.52 Å². The second kappa shape index (κ2) is 7.91. The van der Waals surface area contributed by atoms with E-state index in [4.69, 9.17) is 0 Å². The molecule has 2 aromatic heterocycles. The molecule has 1 unspecified atom stereocenters. The molecule has 6 nitrogen and oxygen atoms in total. The lowest BCUT2D eigenvalue weighted by Gasteiger charge is -2.31. The summed E-state index contributed by atoms with van der Waals surface area (Å²) in [6.07, 6.45) is 2.29. The summed E-state index contributed by atoms with van der Waals surface area (Å²) in [6.45, 7) is 7.87. The Morgan fingerprint density at radius 2 is 2.07 bits per heavy atom. The van der Waals surface area contributed by atoms with Gasteiger partial charge < -0.3 is 4.90 Å². The minimum atomic E-state index is 0.138. The molecule has 1 fully saturated rings. The highest BCUT2D eigenvalue weighted by Crippen LogP contribution is 2.25. The van der Waals surface area contributed by atoms with E-state index in [0.29, 0.717) is 22.6 Å². The van der Waals surface area contributed by atoms with Crippen molar-refractivity contribution in [1.29, 1.82) is 0 Å². The van der Waals surface area contributed by atoms with Gasteiger partial charge in [0, 0.05) is 35.8 Å². The third-order valence-electron chi connectivity index (χ3n) is 5.15. The van der Waals surface area contributed by atoms with E-state index in [1.165, 1.54) is 18.2 Å². The van der Waals surface area contributed by atoms with E-state index in [9.17, 15) is 4.79 Å². The maximum atomic E-state index is 13.1. The fourth-order valence-corrected chi connectivity index (χ4v) is 4.57. The highest BCUT2D eigenvalue weighted by atomic mass is 32.2. The Labute approximate surface area is 169 Å². The van der Waals surface area contributed by atoms with Crippen molar-refractivity contribution in [2.75, 3.05) is 13.1 Å². The summed E-state index contributed by atoms with van der Waals surface area (Å²) in [5.74, 6) is 1.98. The maximum absolute atomic E-state index is 13.1. The van der Waals surface area contributed by atoms with E-state index in [0.717, 1.165) is 42.0 Å². The zero-order valence-electron chi connectivity index (χ0n) is 16.6. The molecule has 1 aliphatic rings. The average Bonchev–Trinajstić information content (AvgIpc) is 3.09. The third kappa shape index (κ3) is 3.90. The number of aromatic nitrogens is 4. The van der Waals surface area contributed by atoms with Gasteiger partial charge in [-0.15, -0.1) is 5.10 Å². The van der Waals surface area contributed by atoms with Crippen LogP contribution in [0.4, 0.5) is 0 Å². The Hall–Kier alpha value is -2.41. The topological polar surface area (TPSA) is 63.4 Å². The zero-order valence-corrected chi connectivity index (χ0v) is 17.4. The summed E-state index contributed by atoms with van der Waals surface area (Å²) >= 11 is 1.54. The molecule has 1 aliphatic heterocycles. The first-order valence-electron chi connectivity index (χ1n) is 9.72. The second-order valence-electron chi connectivity index (χ2n) is 7.59. The molecule has 28 heavy (non-hydrogen) atoms. The first kappa shape index (κ1) is 18.9. The van der Waals surface area contributed by atoms with Crippen molar-refractivity contribution < 1.29 is 4.79 Å². The van der Waals surface area contributed by atoms with Crippen LogP contribution in [0, 0.1) is 19.8 Å². The highest BCUT2D eigenvalue weighted by molar-refractivity contribution is 7.98. The molecule has 0 bridgehead atoms. The Morgan fingerprint density at radius 3 is 2.89 bits per heavy atom. The number of rotatable bonds is 4. The van der Waals surface area contributed by atoms with E-state index < -0.39 is 0 Å². The van der Waals surface area contributed by atoms with Gasteiger partial charge in [-0.25, -0.2) is 9.50 Å². The Bertz CT molecular complexity index is 1020. The molecule has 3 heterocycles. The summed E-state index contributed by atoms with van der Waals surface area (Å²) < 4.78 is 1.77. The molecule has 1 amide bonds. The van der Waals surface area contributed by atoms with Gasteiger partial charge in [-0.1, -0.05) is 36.9 Å². The molecule has 0 N–H and O–H groups in total. The van der Waals surface area contributed by atoms with Crippen molar-refractivity contribution in [3.8, 4) is 0 Å². The normalized spacial score (nSPS) is 17.2. The van der Waals surface area contributed by atoms with Crippen molar-refractivity contribution in [3.05, 3.63) is 52.8 Å². The molecule has 3 aromatic rings. The first-order chi connectivity index (χ1) is 13.5. The summed E-state index contributed by atoms with van der Waals surface area (Å²) in [6, 6.07) is 9.87. The molecule has 4 rings (SSSR count). The van der Waals surface area contributed by atoms with E-state index >= 15 is 0 Å². The number of hydrogen-bond acceptors (Lipinski definition) is 5. The SMILES string of the molecule is Cc1cc(C)n2nc(SCc3ccccc3C(=O)N3CCCC(C)C3)nc2n1. The number of nitrogens with zero attached hydrogens (tertiary/aromatic N) is 5. The number of fused-ring (bicyclic) bond motifs is 1. The highest BCUT2D eigenvalue weighted by Gasteiger charge is 2.23. The molecule has 146 valence electrons. The molecule has 0 aliphatic carbocycles. The van der Waals surface area contributed by atoms with Gasteiger partial charge in [-0.2, -0.15) is 4.98 Å². The van der Waals surface area contributed by atoms with Gasteiger partial charge in [0.25, 0.3) is 11.7 Å². The van der Waals surface area contributed by atoms with Crippen LogP contribution in [0.25, 0.3) is 5.78 Å². The quantitative estimate of drug-likeness (QED) is 0.627. The van der Waals surface area contributed by atoms with Crippen molar-refractivity contribution in [2.45, 2.75) is 44.5 Å². The van der Waals surface area contributed by atoms with Crippen molar-refractivity contribution >= 4 is 23.4 Å². The van der Waals surface area contributed by atoms with Crippen molar-refractivity contribution in [1.82, 2.24) is 24.5 Å². The smallest absolute Gasteiger partial charge is 0.254 e. The number of carbonyl (C=O) groups is 1. The molecule has 1 aromatic carbocycles. The third-order valence-corrected chi connectivity index (χ3v) is 6.03. The van der Waals surface area contributed by atoms with Crippen LogP contribution in [0.2, 0.25) is 0 Å². The summed E-state index contributed by atoms with van der Waals surface area (Å²) in [5.41, 5.74) is 3.76. The number of aryl methyl sites for hydroxylation is 2. The lowest BCUT2D eigenvalue weighted by molar-refractivity contribution is 0.0682. The standard InChI is InChI=1S/C21H25N5OS/c1-14-7-6-10-25(12-14)19(27)18-9-5-4-8-17(18)13-28-21-23-20-22-15(2)11-16(3)26(20)24-21/h4-5,8-9,11,14H,6-7,10,12-13H2,1-3H3. The van der Waals surface area contributed by atoms with Crippen LogP contribution in [0.5, 0.6) is 0 Å².